The van der Waals surface area contributed by atoms with E-state index in [4.69, 9.17) is 15.5 Å². The number of nitrogens with one attached hydrogen (secondary N) is 2. The molecule has 3 aromatic rings. The van der Waals surface area contributed by atoms with E-state index in [9.17, 15) is 59.4 Å². The minimum atomic E-state index is -5.16. The van der Waals surface area contributed by atoms with E-state index >= 15 is 8.78 Å². The molecule has 16 nitrogen and oxygen atoms in total. The number of esters is 1. The number of carbonyl (C=O) groups excluding carboxylic acids is 4. The number of piperazine rings is 1. The number of hydrogen-bond donors (Lipinski definition) is 4. The van der Waals surface area contributed by atoms with Crippen molar-refractivity contribution in [2.45, 2.75) is 109 Å². The molecule has 0 saturated carbocycles. The van der Waals surface area contributed by atoms with Crippen molar-refractivity contribution in [1.29, 1.82) is 0 Å². The van der Waals surface area contributed by atoms with Crippen molar-refractivity contribution in [1.82, 2.24) is 25.6 Å². The van der Waals surface area contributed by atoms with Gasteiger partial charge < -0.3 is 35.3 Å². The first-order chi connectivity index (χ1) is 36.4. The van der Waals surface area contributed by atoms with Crippen LogP contribution < -0.4 is 21.4 Å². The number of aromatic nitrogens is 1. The average Bonchev–Trinajstić information content (AvgIpc) is 3.37. The van der Waals surface area contributed by atoms with Crippen LogP contribution in [0.3, 0.4) is 0 Å². The van der Waals surface area contributed by atoms with Crippen LogP contribution in [0.5, 0.6) is 0 Å². The van der Waals surface area contributed by atoms with Gasteiger partial charge in [0.05, 0.1) is 62.7 Å². The van der Waals surface area contributed by atoms with Gasteiger partial charge in [-0.3, -0.25) is 24.7 Å². The normalized spacial score (nSPS) is 19.2. The third kappa shape index (κ3) is 14.3. The molecule has 5 heterocycles. The summed E-state index contributed by atoms with van der Waals surface area (Å²) in [5.74, 6) is -9.90. The number of aliphatic hydroxyl groups excluding tert-OH is 1. The Morgan fingerprint density at radius 1 is 0.885 bits per heavy atom. The van der Waals surface area contributed by atoms with E-state index in [1.54, 1.807) is 30.5 Å². The molecule has 2 amide bonds. The number of ketones is 1. The van der Waals surface area contributed by atoms with Crippen LogP contribution in [-0.2, 0) is 41.6 Å². The van der Waals surface area contributed by atoms with Gasteiger partial charge in [-0.1, -0.05) is 38.1 Å². The van der Waals surface area contributed by atoms with Crippen LogP contribution >= 0.6 is 0 Å². The molecule has 4 fully saturated rings. The second kappa shape index (κ2) is 24.7. The number of allylic oxidation sites excluding steroid dienone is 1. The van der Waals surface area contributed by atoms with Gasteiger partial charge in [-0.2, -0.15) is 35.1 Å². The number of alkyl halides is 8. The Bertz CT molecular complexity index is 2630. The minimum absolute atomic E-state index is 0.338. The maximum atomic E-state index is 16.0. The van der Waals surface area contributed by atoms with Crippen molar-refractivity contribution >= 4 is 41.5 Å². The number of fused-ring (bicyclic) bond motifs is 2. The van der Waals surface area contributed by atoms with Crippen molar-refractivity contribution < 1.29 is 82.4 Å². The van der Waals surface area contributed by atoms with Crippen molar-refractivity contribution in [3.8, 4) is 11.1 Å². The molecule has 78 heavy (non-hydrogen) atoms. The Balaban J connectivity index is 1.33. The summed E-state index contributed by atoms with van der Waals surface area (Å²) in [5, 5.41) is 14.7. The molecule has 7 rings (SSSR count). The summed E-state index contributed by atoms with van der Waals surface area (Å²) in [6, 6.07) is 10.5. The van der Waals surface area contributed by atoms with Crippen molar-refractivity contribution in [2.24, 2.45) is 33.4 Å². The summed E-state index contributed by atoms with van der Waals surface area (Å²) in [6.45, 7) is 0.333. The number of nitrogens with two attached hydrogens (primary N) is 1. The summed E-state index contributed by atoms with van der Waals surface area (Å²) in [7, 11) is 1.70. The van der Waals surface area contributed by atoms with Gasteiger partial charge in [0.1, 0.15) is 23.5 Å². The van der Waals surface area contributed by atoms with Gasteiger partial charge in [0.2, 0.25) is 5.91 Å². The summed E-state index contributed by atoms with van der Waals surface area (Å²) < 4.78 is 159. The predicted molar refractivity (Wildman–Crippen MR) is 264 cm³/mol. The lowest BCUT2D eigenvalue weighted by molar-refractivity contribution is -0.231. The number of amides is 2. The number of hydrazine groups is 1. The molecule has 0 spiro atoms. The van der Waals surface area contributed by atoms with E-state index < -0.39 is 126 Å². The molecule has 1 aromatic heterocycles. The quantitative estimate of drug-likeness (QED) is 0.0241. The van der Waals surface area contributed by atoms with Gasteiger partial charge in [-0.25, -0.2) is 28.6 Å². The molecular weight excluding hydrogens is 1050 g/mol. The lowest BCUT2D eigenvalue weighted by atomic mass is 9.75. The van der Waals surface area contributed by atoms with Gasteiger partial charge in [0.15, 0.2) is 5.78 Å². The number of aliphatic imine (C=N–C) groups is 1. The van der Waals surface area contributed by atoms with Crippen LogP contribution in [0.4, 0.5) is 54.5 Å². The van der Waals surface area contributed by atoms with Crippen LogP contribution in [0.2, 0.25) is 0 Å². The van der Waals surface area contributed by atoms with Crippen molar-refractivity contribution in [3.05, 3.63) is 89.1 Å². The molecule has 0 aliphatic carbocycles. The van der Waals surface area contributed by atoms with Gasteiger partial charge in [0.25, 0.3) is 0 Å². The molecule has 5 N–H and O–H groups in total. The van der Waals surface area contributed by atoms with Crippen molar-refractivity contribution in [3.63, 3.8) is 0 Å². The fourth-order valence-corrected chi connectivity index (χ4v) is 9.70. The Labute approximate surface area is 443 Å². The fourth-order valence-electron chi connectivity index (χ4n) is 9.70. The largest absolute Gasteiger partial charge is 0.469 e. The highest BCUT2D eigenvalue weighted by molar-refractivity contribution is 5.89. The molecule has 26 heteroatoms. The highest BCUT2D eigenvalue weighted by Crippen LogP contribution is 2.46. The first-order valence-electron chi connectivity index (χ1n) is 24.7. The molecular formula is C52H62F10N8O8. The topological polar surface area (TPSA) is 201 Å². The number of halogens is 10. The van der Waals surface area contributed by atoms with Gasteiger partial charge >= 0.3 is 31.0 Å². The monoisotopic (exact) mass is 1120 g/mol. The standard InChI is InChI=1S/C52H62F10N8O8/c1-49(2,51(57,58)59)37(20-44(73)76-5)46(74)67-69(24-36-38(53)16-31(17-39(36)54)40(63)13-14-64-47(55)56)25-42(72)32(18-41(71)45(66-48(75)77-6)50(3,4)52(60,61)62)15-28-7-9-29(10-8-28)30-11-12-43(65-21-30)68-22-33-19-34(23-68)70(33)35-26-78-27-35/h7-14,16-17,21,32-35,37,42,45,47,72H,15,18-20,22-27,63H2,1-6H3,(H,66,75)(H,67,74)/t32-,33?,34?,37-,42+,45-/m1/s1. The van der Waals surface area contributed by atoms with Gasteiger partial charge in [-0.15, -0.1) is 0 Å². The molecule has 0 radical (unpaired) electrons. The zero-order valence-corrected chi connectivity index (χ0v) is 43.4. The number of hydrogen-bond acceptors (Lipinski definition) is 14. The zero-order valence-electron chi connectivity index (χ0n) is 43.4. The van der Waals surface area contributed by atoms with E-state index in [0.717, 1.165) is 58.8 Å². The lowest BCUT2D eigenvalue weighted by Crippen LogP contribution is -2.74. The zero-order chi connectivity index (χ0) is 57.7. The number of nitrogens with zero attached hydrogens (tertiary/aromatic N) is 5. The number of anilines is 1. The van der Waals surface area contributed by atoms with Crippen LogP contribution in [0, 0.1) is 34.3 Å². The number of pyridine rings is 1. The van der Waals surface area contributed by atoms with Crippen LogP contribution in [0.1, 0.15) is 63.6 Å². The number of Topliss-reactive ketones (excluding diaryl/α,β-unsaturated/α-hetero) is 1. The number of methoxy groups -OCH3 is 2. The summed E-state index contributed by atoms with van der Waals surface area (Å²) in [4.78, 5) is 65.4. The average molecular weight is 1120 g/mol. The SMILES string of the molecule is COC(=O)C[C@H](C(=O)NN(Cc1c(F)cc(C(N)=CC=NC(F)F)cc1F)C[C@H](O)[C@@H](CC(=O)[C@@H](NC(=O)OC)C(C)(C)C(F)(F)F)Cc1ccc(-c2ccc(N3CC4CC(C3)N4C3COC3)nc2)cc1)C(C)(C)C(F)(F)F. The Morgan fingerprint density at radius 3 is 2.00 bits per heavy atom. The number of aliphatic hydroxyl groups is 1. The minimum Gasteiger partial charge on any atom is -0.469 e. The number of alkyl carbamates (subject to hydrolysis) is 1. The second-order valence-electron chi connectivity index (χ2n) is 20.7. The molecule has 4 aliphatic heterocycles. The number of benzene rings is 2. The van der Waals surface area contributed by atoms with E-state index in [-0.39, 0.29) is 12.0 Å². The van der Waals surface area contributed by atoms with Gasteiger partial charge in [-0.05, 0) is 74.1 Å². The summed E-state index contributed by atoms with van der Waals surface area (Å²) >= 11 is 0. The van der Waals surface area contributed by atoms with Crippen molar-refractivity contribution in [2.75, 3.05) is 52.0 Å². The van der Waals surface area contributed by atoms with Crippen LogP contribution in [-0.4, -0.2) is 146 Å². The third-order valence-electron chi connectivity index (χ3n) is 14.8. The smallest absolute Gasteiger partial charge is 0.407 e. The Kier molecular flexibility index (Phi) is 19.3. The summed E-state index contributed by atoms with van der Waals surface area (Å²) in [6.07, 6.45) is -12.0. The maximum absolute atomic E-state index is 16.0. The van der Waals surface area contributed by atoms with Crippen LogP contribution in [0.15, 0.2) is 65.8 Å². The second-order valence-corrected chi connectivity index (χ2v) is 20.7. The maximum Gasteiger partial charge on any atom is 0.407 e. The highest BCUT2D eigenvalue weighted by atomic mass is 19.4. The molecule has 2 bridgehead atoms. The first kappa shape index (κ1) is 60.8. The molecule has 4 aliphatic rings. The first-order valence-corrected chi connectivity index (χ1v) is 24.7. The molecule has 2 aromatic carbocycles. The van der Waals surface area contributed by atoms with E-state index in [0.29, 0.717) is 85.9 Å². The third-order valence-corrected chi connectivity index (χ3v) is 14.8. The molecule has 4 saturated heterocycles. The van der Waals surface area contributed by atoms with E-state index in [2.05, 4.69) is 29.7 Å². The highest BCUT2D eigenvalue weighted by Gasteiger charge is 2.57. The number of piperidine rings is 1. The van der Waals surface area contributed by atoms with Gasteiger partial charge in [0, 0.05) is 79.5 Å². The molecule has 6 atom stereocenters. The number of rotatable bonds is 23. The number of ether oxygens (including phenoxy) is 3. The molecule has 428 valence electrons. The lowest BCUT2D eigenvalue weighted by Gasteiger charge is -2.60. The Morgan fingerprint density at radius 2 is 1.49 bits per heavy atom. The van der Waals surface area contributed by atoms with Crippen LogP contribution in [0.25, 0.3) is 16.8 Å². The number of carbonyl (C=O) groups is 4. The van der Waals surface area contributed by atoms with E-state index in [1.807, 2.05) is 17.4 Å². The summed E-state index contributed by atoms with van der Waals surface area (Å²) in [5.41, 5.74) is 2.02. The molecule has 2 unspecified atom stereocenters. The van der Waals surface area contributed by atoms with E-state index in [1.165, 1.54) is 0 Å². The predicted octanol–water partition coefficient (Wildman–Crippen LogP) is 7.37. The Hall–Kier alpha value is -6.38. The fraction of sp³-hybridized carbons (Fsp3) is 0.538.